The van der Waals surface area contributed by atoms with Crippen molar-refractivity contribution >= 4 is 21.9 Å². The number of nitrogens with zero attached hydrogens (tertiary/aromatic N) is 2. The fraction of sp³-hybridized carbons (Fsp3) is 0.500. The van der Waals surface area contributed by atoms with Crippen LogP contribution >= 0.6 is 0 Å². The number of aryl methyl sites for hydroxylation is 2. The minimum atomic E-state index is -3.91. The second-order valence-corrected chi connectivity index (χ2v) is 10.2. The molecule has 33 heavy (non-hydrogen) atoms. The summed E-state index contributed by atoms with van der Waals surface area (Å²) in [5.74, 6) is -0.819. The Morgan fingerprint density at radius 1 is 1.09 bits per heavy atom. The molecule has 0 bridgehead atoms. The topological polar surface area (TPSA) is 99.8 Å². The van der Waals surface area contributed by atoms with Crippen molar-refractivity contribution in [2.24, 2.45) is 5.92 Å². The lowest BCUT2D eigenvalue weighted by Crippen LogP contribution is -2.44. The summed E-state index contributed by atoms with van der Waals surface area (Å²) < 4.78 is 33.4. The van der Waals surface area contributed by atoms with Crippen molar-refractivity contribution in [3.8, 4) is 0 Å². The number of nitrogens with one attached hydrogen (secondary N) is 1. The van der Waals surface area contributed by atoms with Crippen LogP contribution in [0.1, 0.15) is 54.0 Å². The average Bonchev–Trinajstić information content (AvgIpc) is 3.12. The van der Waals surface area contributed by atoms with Gasteiger partial charge in [0.1, 0.15) is 10.5 Å². The molecule has 1 aromatic heterocycles. The van der Waals surface area contributed by atoms with Crippen molar-refractivity contribution in [3.05, 3.63) is 52.8 Å². The molecule has 0 radical (unpaired) electrons. The van der Waals surface area contributed by atoms with Crippen LogP contribution in [0.4, 0.5) is 0 Å². The van der Waals surface area contributed by atoms with Crippen LogP contribution in [0.15, 0.2) is 35.2 Å². The summed E-state index contributed by atoms with van der Waals surface area (Å²) in [6, 6.07) is 9.83. The Morgan fingerprint density at radius 3 is 2.30 bits per heavy atom. The van der Waals surface area contributed by atoms with Gasteiger partial charge in [0.2, 0.25) is 15.9 Å². The smallest absolute Gasteiger partial charge is 0.341 e. The highest BCUT2D eigenvalue weighted by Gasteiger charge is 2.38. The molecule has 8 nitrogen and oxygen atoms in total. The van der Waals surface area contributed by atoms with Gasteiger partial charge >= 0.3 is 5.97 Å². The number of H-pyrrole nitrogens is 1. The van der Waals surface area contributed by atoms with Crippen LogP contribution in [-0.2, 0) is 26.1 Å². The number of carbonyl (C=O) groups is 2. The SMILES string of the molecule is CCOC(=O)c1c(C)[nH]c(C)c1S(=O)(=O)N1CCC(C(=O)N(CC)Cc2ccccc2)CC1. The largest absolute Gasteiger partial charge is 0.462 e. The number of hydrogen-bond acceptors (Lipinski definition) is 5. The fourth-order valence-corrected chi connectivity index (χ4v) is 6.29. The summed E-state index contributed by atoms with van der Waals surface area (Å²) in [6.45, 7) is 8.69. The molecule has 3 rings (SSSR count). The number of aromatic amines is 1. The molecule has 0 unspecified atom stereocenters. The first-order valence-corrected chi connectivity index (χ1v) is 12.8. The molecule has 2 aromatic rings. The zero-order valence-electron chi connectivity index (χ0n) is 19.8. The molecule has 0 aliphatic carbocycles. The highest BCUT2D eigenvalue weighted by atomic mass is 32.2. The molecule has 180 valence electrons. The Balaban J connectivity index is 1.73. The lowest BCUT2D eigenvalue weighted by Gasteiger charge is -2.33. The van der Waals surface area contributed by atoms with Gasteiger partial charge in [0.05, 0.1) is 6.61 Å². The summed E-state index contributed by atoms with van der Waals surface area (Å²) in [4.78, 5) is 30.3. The molecule has 2 heterocycles. The standard InChI is InChI=1S/C24H33N3O5S/c1-5-26(16-19-10-8-7-9-11-19)23(28)20-12-14-27(15-13-20)33(30,31)22-18(4)25-17(3)21(22)24(29)32-6-2/h7-11,20,25H,5-6,12-16H2,1-4H3. The molecule has 1 amide bonds. The number of rotatable bonds is 8. The van der Waals surface area contributed by atoms with E-state index in [-0.39, 0.29) is 42.0 Å². The number of ether oxygens (including phenoxy) is 1. The molecular weight excluding hydrogens is 442 g/mol. The number of sulfonamides is 1. The molecule has 0 atom stereocenters. The maximum absolute atomic E-state index is 13.5. The minimum absolute atomic E-state index is 0.0255. The first-order valence-electron chi connectivity index (χ1n) is 11.4. The molecular formula is C24H33N3O5S. The second-order valence-electron chi connectivity index (χ2n) is 8.32. The molecule has 1 fully saturated rings. The van der Waals surface area contributed by atoms with E-state index in [4.69, 9.17) is 4.74 Å². The van der Waals surface area contributed by atoms with E-state index in [0.717, 1.165) is 5.56 Å². The third-order valence-corrected chi connectivity index (χ3v) is 8.18. The number of benzene rings is 1. The highest BCUT2D eigenvalue weighted by Crippen LogP contribution is 2.31. The van der Waals surface area contributed by atoms with E-state index in [9.17, 15) is 18.0 Å². The number of esters is 1. The van der Waals surface area contributed by atoms with E-state index in [2.05, 4.69) is 4.98 Å². The lowest BCUT2D eigenvalue weighted by atomic mass is 9.96. The average molecular weight is 476 g/mol. The van der Waals surface area contributed by atoms with Crippen molar-refractivity contribution in [3.63, 3.8) is 0 Å². The predicted octanol–water partition coefficient (Wildman–Crippen LogP) is 3.26. The quantitative estimate of drug-likeness (QED) is 0.591. The van der Waals surface area contributed by atoms with Crippen LogP contribution in [0, 0.1) is 19.8 Å². The van der Waals surface area contributed by atoms with Crippen LogP contribution in [0.2, 0.25) is 0 Å². The zero-order chi connectivity index (χ0) is 24.2. The maximum atomic E-state index is 13.5. The van der Waals surface area contributed by atoms with E-state index in [1.54, 1.807) is 20.8 Å². The van der Waals surface area contributed by atoms with Crippen LogP contribution in [0.3, 0.4) is 0 Å². The Kier molecular flexibility index (Phi) is 7.97. The molecule has 9 heteroatoms. The zero-order valence-corrected chi connectivity index (χ0v) is 20.6. The Morgan fingerprint density at radius 2 is 1.73 bits per heavy atom. The van der Waals surface area contributed by atoms with E-state index >= 15 is 0 Å². The summed E-state index contributed by atoms with van der Waals surface area (Å²) in [7, 11) is -3.91. The van der Waals surface area contributed by atoms with Gasteiger partial charge < -0.3 is 14.6 Å². The number of carbonyl (C=O) groups excluding carboxylic acids is 2. The van der Waals surface area contributed by atoms with Crippen LogP contribution < -0.4 is 0 Å². The molecule has 1 N–H and O–H groups in total. The summed E-state index contributed by atoms with van der Waals surface area (Å²) in [5, 5.41) is 0. The lowest BCUT2D eigenvalue weighted by molar-refractivity contribution is -0.137. The Hall–Kier alpha value is -2.65. The van der Waals surface area contributed by atoms with E-state index in [0.29, 0.717) is 37.3 Å². The Labute approximate surface area is 196 Å². The molecule has 0 spiro atoms. The monoisotopic (exact) mass is 475 g/mol. The van der Waals surface area contributed by atoms with Gasteiger partial charge in [0.25, 0.3) is 0 Å². The first kappa shape index (κ1) is 25.0. The van der Waals surface area contributed by atoms with Crippen molar-refractivity contribution in [1.82, 2.24) is 14.2 Å². The Bertz CT molecular complexity index is 1090. The fourth-order valence-electron chi connectivity index (χ4n) is 4.41. The number of amides is 1. The molecule has 0 saturated carbocycles. The first-order chi connectivity index (χ1) is 15.7. The van der Waals surface area contributed by atoms with Crippen LogP contribution in [0.25, 0.3) is 0 Å². The molecule has 1 aliphatic rings. The van der Waals surface area contributed by atoms with Gasteiger partial charge in [0, 0.05) is 43.5 Å². The van der Waals surface area contributed by atoms with Crippen molar-refractivity contribution in [1.29, 1.82) is 0 Å². The number of hydrogen-bond donors (Lipinski definition) is 1. The minimum Gasteiger partial charge on any atom is -0.462 e. The second kappa shape index (κ2) is 10.5. The molecule has 1 aliphatic heterocycles. The maximum Gasteiger partial charge on any atom is 0.341 e. The van der Waals surface area contributed by atoms with Gasteiger partial charge in [-0.3, -0.25) is 4.79 Å². The number of aromatic nitrogens is 1. The number of piperidine rings is 1. The van der Waals surface area contributed by atoms with Crippen molar-refractivity contribution in [2.75, 3.05) is 26.2 Å². The van der Waals surface area contributed by atoms with Gasteiger partial charge in [0.15, 0.2) is 0 Å². The normalized spacial score (nSPS) is 15.4. The van der Waals surface area contributed by atoms with E-state index in [1.165, 1.54) is 4.31 Å². The van der Waals surface area contributed by atoms with Gasteiger partial charge in [-0.25, -0.2) is 13.2 Å². The summed E-state index contributed by atoms with van der Waals surface area (Å²) in [5.41, 5.74) is 2.01. The van der Waals surface area contributed by atoms with Crippen LogP contribution in [0.5, 0.6) is 0 Å². The van der Waals surface area contributed by atoms with Gasteiger partial charge in [-0.2, -0.15) is 4.31 Å². The van der Waals surface area contributed by atoms with Crippen molar-refractivity contribution in [2.45, 2.75) is 52.0 Å². The van der Waals surface area contributed by atoms with Gasteiger partial charge in [-0.05, 0) is 46.1 Å². The predicted molar refractivity (Wildman–Crippen MR) is 125 cm³/mol. The molecule has 1 aromatic carbocycles. The molecule has 1 saturated heterocycles. The highest BCUT2D eigenvalue weighted by molar-refractivity contribution is 7.89. The third kappa shape index (κ3) is 5.30. The van der Waals surface area contributed by atoms with Gasteiger partial charge in [-0.1, -0.05) is 30.3 Å². The summed E-state index contributed by atoms with van der Waals surface area (Å²) >= 11 is 0. The van der Waals surface area contributed by atoms with Crippen LogP contribution in [-0.4, -0.2) is 60.7 Å². The van der Waals surface area contributed by atoms with Crippen molar-refractivity contribution < 1.29 is 22.7 Å². The third-order valence-electron chi connectivity index (χ3n) is 6.11. The summed E-state index contributed by atoms with van der Waals surface area (Å²) in [6.07, 6.45) is 0.890. The van der Waals surface area contributed by atoms with Gasteiger partial charge in [-0.15, -0.1) is 0 Å². The van der Waals surface area contributed by atoms with E-state index in [1.807, 2.05) is 42.2 Å². The van der Waals surface area contributed by atoms with E-state index < -0.39 is 16.0 Å².